The fraction of sp³-hybridized carbons (Fsp3) is 0.200. The molecule has 0 spiro atoms. The van der Waals surface area contributed by atoms with Gasteiger partial charge in [-0.3, -0.25) is 9.67 Å². The van der Waals surface area contributed by atoms with Gasteiger partial charge in [0.25, 0.3) is 0 Å². The van der Waals surface area contributed by atoms with Gasteiger partial charge in [-0.25, -0.2) is 14.4 Å². The molecule has 0 aliphatic rings. The van der Waals surface area contributed by atoms with Crippen LogP contribution in [0.3, 0.4) is 0 Å². The number of benzene rings is 1. The molecular weight excluding hydrogens is 343 g/mol. The second-order valence-electron chi connectivity index (χ2n) is 6.30. The molecule has 0 aliphatic carbocycles. The maximum absolute atomic E-state index is 13.3. The molecule has 0 bridgehead atoms. The standard InChI is InChI=1S/C20H19FN6/c1-3-17(13-6-8-15(21)9-7-13)24-19-16-12-23-27(2)20(16)26-18(25-19)14-5-4-10-22-11-14/h4-12,17H,3H2,1-2H3,(H,24,25,26)/t17-/m0/s1. The lowest BCUT2D eigenvalue weighted by Gasteiger charge is -2.19. The van der Waals surface area contributed by atoms with Crippen molar-refractivity contribution in [2.75, 3.05) is 5.32 Å². The van der Waals surface area contributed by atoms with E-state index in [-0.39, 0.29) is 11.9 Å². The van der Waals surface area contributed by atoms with E-state index >= 15 is 0 Å². The Morgan fingerprint density at radius 3 is 2.63 bits per heavy atom. The Hall–Kier alpha value is -3.35. The maximum atomic E-state index is 13.3. The Morgan fingerprint density at radius 2 is 1.93 bits per heavy atom. The normalized spacial score (nSPS) is 12.3. The summed E-state index contributed by atoms with van der Waals surface area (Å²) in [4.78, 5) is 13.5. The minimum atomic E-state index is -0.246. The van der Waals surface area contributed by atoms with Crippen LogP contribution in [0.25, 0.3) is 22.4 Å². The van der Waals surface area contributed by atoms with Crippen LogP contribution >= 0.6 is 0 Å². The second kappa shape index (κ2) is 7.11. The highest BCUT2D eigenvalue weighted by molar-refractivity contribution is 5.88. The summed E-state index contributed by atoms with van der Waals surface area (Å²) in [6.45, 7) is 2.07. The molecule has 6 nitrogen and oxygen atoms in total. The third-order valence-corrected chi connectivity index (χ3v) is 4.50. The molecule has 1 aromatic carbocycles. The van der Waals surface area contributed by atoms with E-state index in [0.717, 1.165) is 28.6 Å². The highest BCUT2D eigenvalue weighted by atomic mass is 19.1. The predicted octanol–water partition coefficient (Wildman–Crippen LogP) is 4.13. The number of halogens is 1. The molecule has 136 valence electrons. The van der Waals surface area contributed by atoms with Crippen molar-refractivity contribution in [3.05, 3.63) is 66.4 Å². The SMILES string of the molecule is CC[C@H](Nc1nc(-c2cccnc2)nc2c1cnn2C)c1ccc(F)cc1. The molecule has 0 fully saturated rings. The van der Waals surface area contributed by atoms with Crippen molar-refractivity contribution >= 4 is 16.9 Å². The van der Waals surface area contributed by atoms with Crippen LogP contribution in [0, 0.1) is 5.82 Å². The summed E-state index contributed by atoms with van der Waals surface area (Å²) < 4.78 is 15.0. The first kappa shape index (κ1) is 17.1. The molecule has 0 saturated heterocycles. The zero-order chi connectivity index (χ0) is 18.8. The highest BCUT2D eigenvalue weighted by Crippen LogP contribution is 2.28. The summed E-state index contributed by atoms with van der Waals surface area (Å²) in [7, 11) is 1.85. The number of anilines is 1. The number of fused-ring (bicyclic) bond motifs is 1. The number of aryl methyl sites for hydroxylation is 1. The third-order valence-electron chi connectivity index (χ3n) is 4.50. The van der Waals surface area contributed by atoms with Crippen molar-refractivity contribution in [2.24, 2.45) is 7.05 Å². The number of rotatable bonds is 5. The van der Waals surface area contributed by atoms with Crippen molar-refractivity contribution in [3.8, 4) is 11.4 Å². The summed E-state index contributed by atoms with van der Waals surface area (Å²) >= 11 is 0. The molecule has 1 atom stereocenters. The molecule has 0 amide bonds. The van der Waals surface area contributed by atoms with Crippen molar-refractivity contribution in [2.45, 2.75) is 19.4 Å². The smallest absolute Gasteiger partial charge is 0.165 e. The first-order valence-corrected chi connectivity index (χ1v) is 8.78. The summed E-state index contributed by atoms with van der Waals surface area (Å²) in [6.07, 6.45) is 6.02. The molecule has 3 aromatic heterocycles. The van der Waals surface area contributed by atoms with Crippen LogP contribution < -0.4 is 5.32 Å². The zero-order valence-corrected chi connectivity index (χ0v) is 15.1. The highest BCUT2D eigenvalue weighted by Gasteiger charge is 2.17. The molecule has 4 aromatic rings. The molecule has 3 heterocycles. The van der Waals surface area contributed by atoms with Crippen molar-refractivity contribution in [1.29, 1.82) is 0 Å². The van der Waals surface area contributed by atoms with Gasteiger partial charge >= 0.3 is 0 Å². The summed E-state index contributed by atoms with van der Waals surface area (Å²) in [5, 5.41) is 8.64. The fourth-order valence-electron chi connectivity index (χ4n) is 3.04. The Labute approximate surface area is 156 Å². The van der Waals surface area contributed by atoms with E-state index in [4.69, 9.17) is 4.98 Å². The van der Waals surface area contributed by atoms with Crippen LogP contribution in [0.2, 0.25) is 0 Å². The molecule has 0 aliphatic heterocycles. The maximum Gasteiger partial charge on any atom is 0.165 e. The van der Waals surface area contributed by atoms with Crippen LogP contribution in [0.5, 0.6) is 0 Å². The quantitative estimate of drug-likeness (QED) is 0.578. The largest absolute Gasteiger partial charge is 0.363 e. The van der Waals surface area contributed by atoms with Gasteiger partial charge in [0.15, 0.2) is 11.5 Å². The molecular formula is C20H19FN6. The Kier molecular flexibility index (Phi) is 4.50. The van der Waals surface area contributed by atoms with Crippen molar-refractivity contribution in [1.82, 2.24) is 24.7 Å². The van der Waals surface area contributed by atoms with Gasteiger partial charge in [-0.15, -0.1) is 0 Å². The van der Waals surface area contributed by atoms with Gasteiger partial charge in [0.2, 0.25) is 0 Å². The van der Waals surface area contributed by atoms with Crippen molar-refractivity contribution < 1.29 is 4.39 Å². The molecule has 27 heavy (non-hydrogen) atoms. The molecule has 1 N–H and O–H groups in total. The van der Waals surface area contributed by atoms with E-state index in [1.165, 1.54) is 12.1 Å². The van der Waals surface area contributed by atoms with Crippen LogP contribution in [-0.2, 0) is 7.05 Å². The minimum absolute atomic E-state index is 0.00865. The predicted molar refractivity (Wildman–Crippen MR) is 103 cm³/mol. The summed E-state index contributed by atoms with van der Waals surface area (Å²) in [5.41, 5.74) is 2.57. The third kappa shape index (κ3) is 3.36. The molecule has 4 rings (SSSR count). The van der Waals surface area contributed by atoms with Crippen molar-refractivity contribution in [3.63, 3.8) is 0 Å². The lowest BCUT2D eigenvalue weighted by atomic mass is 10.0. The minimum Gasteiger partial charge on any atom is -0.363 e. The number of pyridine rings is 1. The number of nitrogens with zero attached hydrogens (tertiary/aromatic N) is 5. The van der Waals surface area contributed by atoms with E-state index < -0.39 is 0 Å². The average Bonchev–Trinajstić information content (AvgIpc) is 3.08. The molecule has 0 saturated carbocycles. The number of nitrogens with one attached hydrogen (secondary N) is 1. The van der Waals surface area contributed by atoms with Crippen LogP contribution in [-0.4, -0.2) is 24.7 Å². The van der Waals surface area contributed by atoms with Gasteiger partial charge < -0.3 is 5.32 Å². The van der Waals surface area contributed by atoms with E-state index in [9.17, 15) is 4.39 Å². The van der Waals surface area contributed by atoms with Crippen LogP contribution in [0.1, 0.15) is 24.9 Å². The number of hydrogen-bond donors (Lipinski definition) is 1. The van der Waals surface area contributed by atoms with Crippen LogP contribution in [0.15, 0.2) is 55.0 Å². The average molecular weight is 362 g/mol. The fourth-order valence-corrected chi connectivity index (χ4v) is 3.04. The van der Waals surface area contributed by atoms with E-state index in [0.29, 0.717) is 11.6 Å². The Morgan fingerprint density at radius 1 is 1.11 bits per heavy atom. The van der Waals surface area contributed by atoms with Gasteiger partial charge in [-0.05, 0) is 36.2 Å². The van der Waals surface area contributed by atoms with E-state index in [2.05, 4.69) is 27.3 Å². The lowest BCUT2D eigenvalue weighted by Crippen LogP contribution is -2.12. The zero-order valence-electron chi connectivity index (χ0n) is 15.1. The van der Waals surface area contributed by atoms with Crippen LogP contribution in [0.4, 0.5) is 10.2 Å². The van der Waals surface area contributed by atoms with E-state index in [1.54, 1.807) is 35.4 Å². The first-order chi connectivity index (χ1) is 13.2. The van der Waals surface area contributed by atoms with Gasteiger partial charge in [0.05, 0.1) is 17.6 Å². The second-order valence-corrected chi connectivity index (χ2v) is 6.30. The van der Waals surface area contributed by atoms with Gasteiger partial charge in [0.1, 0.15) is 11.6 Å². The number of aromatic nitrogens is 5. The van der Waals surface area contributed by atoms with E-state index in [1.807, 2.05) is 19.2 Å². The Balaban J connectivity index is 1.79. The Bertz CT molecular complexity index is 1060. The van der Waals surface area contributed by atoms with Gasteiger partial charge in [-0.2, -0.15) is 5.10 Å². The first-order valence-electron chi connectivity index (χ1n) is 8.78. The molecule has 0 unspecified atom stereocenters. The molecule has 7 heteroatoms. The molecule has 0 radical (unpaired) electrons. The summed E-state index contributed by atoms with van der Waals surface area (Å²) in [6, 6.07) is 10.3. The van der Waals surface area contributed by atoms with Gasteiger partial charge in [-0.1, -0.05) is 19.1 Å². The topological polar surface area (TPSA) is 68.5 Å². The lowest BCUT2D eigenvalue weighted by molar-refractivity contribution is 0.625. The monoisotopic (exact) mass is 362 g/mol. The number of hydrogen-bond acceptors (Lipinski definition) is 5. The summed E-state index contributed by atoms with van der Waals surface area (Å²) in [5.74, 6) is 1.03. The van der Waals surface area contributed by atoms with Gasteiger partial charge in [0, 0.05) is 25.0 Å².